The molecule has 0 saturated carbocycles. The minimum atomic E-state index is -2.12. The Bertz CT molecular complexity index is 1010. The van der Waals surface area contributed by atoms with Gasteiger partial charge in [0.15, 0.2) is 5.60 Å². The topological polar surface area (TPSA) is 125 Å². The van der Waals surface area contributed by atoms with Crippen LogP contribution in [0, 0.1) is 0 Å². The molecular formula is C25H30N2O6. The van der Waals surface area contributed by atoms with Crippen molar-refractivity contribution in [1.29, 1.82) is 0 Å². The van der Waals surface area contributed by atoms with Crippen molar-refractivity contribution in [2.24, 2.45) is 0 Å². The van der Waals surface area contributed by atoms with E-state index in [1.54, 1.807) is 6.92 Å². The standard InChI is InChI=1S/C25H30N2O6/c1-4-13-24(2,21(28)26-15-25(3,32)22(29)30)27-23(31)33-14-20-18-11-7-5-9-16(18)17-10-6-8-12-19(17)20/h5-12,20,32H,4,13-15H2,1-3H3,(H,26,28)(H,27,31)(H,29,30). The Morgan fingerprint density at radius 1 is 1.00 bits per heavy atom. The number of carbonyl (C=O) groups is 3. The largest absolute Gasteiger partial charge is 0.479 e. The van der Waals surface area contributed by atoms with Crippen molar-refractivity contribution in [3.05, 3.63) is 59.7 Å². The number of carbonyl (C=O) groups excluding carboxylic acids is 2. The van der Waals surface area contributed by atoms with Crippen LogP contribution in [0.4, 0.5) is 4.79 Å². The highest BCUT2D eigenvalue weighted by Crippen LogP contribution is 2.44. The minimum absolute atomic E-state index is 0.109. The highest BCUT2D eigenvalue weighted by molar-refractivity contribution is 5.90. The van der Waals surface area contributed by atoms with Crippen molar-refractivity contribution >= 4 is 18.0 Å². The maximum absolute atomic E-state index is 12.8. The number of benzene rings is 2. The normalized spacial score (nSPS) is 16.0. The van der Waals surface area contributed by atoms with Gasteiger partial charge in [-0.1, -0.05) is 61.9 Å². The zero-order chi connectivity index (χ0) is 24.2. The van der Waals surface area contributed by atoms with Gasteiger partial charge in [-0.25, -0.2) is 9.59 Å². The first kappa shape index (κ1) is 24.3. The van der Waals surface area contributed by atoms with Gasteiger partial charge in [0.2, 0.25) is 5.91 Å². The second-order valence-corrected chi connectivity index (χ2v) is 8.79. The second kappa shape index (κ2) is 9.62. The number of hydrogen-bond donors (Lipinski definition) is 4. The molecule has 8 heteroatoms. The summed E-state index contributed by atoms with van der Waals surface area (Å²) in [4.78, 5) is 36.5. The van der Waals surface area contributed by atoms with Gasteiger partial charge in [0, 0.05) is 5.92 Å². The molecule has 1 aliphatic rings. The average Bonchev–Trinajstić information content (AvgIpc) is 3.10. The van der Waals surface area contributed by atoms with Crippen LogP contribution >= 0.6 is 0 Å². The number of amides is 2. The Hall–Kier alpha value is -3.39. The van der Waals surface area contributed by atoms with Gasteiger partial charge in [0.25, 0.3) is 0 Å². The van der Waals surface area contributed by atoms with Crippen molar-refractivity contribution in [2.75, 3.05) is 13.2 Å². The van der Waals surface area contributed by atoms with E-state index >= 15 is 0 Å². The van der Waals surface area contributed by atoms with Crippen molar-refractivity contribution in [3.8, 4) is 11.1 Å². The Morgan fingerprint density at radius 3 is 2.06 bits per heavy atom. The van der Waals surface area contributed by atoms with E-state index in [2.05, 4.69) is 10.6 Å². The summed E-state index contributed by atoms with van der Waals surface area (Å²) in [7, 11) is 0. The molecule has 0 aliphatic heterocycles. The van der Waals surface area contributed by atoms with Gasteiger partial charge in [-0.3, -0.25) is 4.79 Å². The third kappa shape index (κ3) is 5.17. The summed E-state index contributed by atoms with van der Waals surface area (Å²) in [6.07, 6.45) is 0.147. The fourth-order valence-corrected chi connectivity index (χ4v) is 4.12. The molecule has 0 fully saturated rings. The number of nitrogens with one attached hydrogen (secondary N) is 2. The fourth-order valence-electron chi connectivity index (χ4n) is 4.12. The molecule has 1 aliphatic carbocycles. The Morgan fingerprint density at radius 2 is 1.55 bits per heavy atom. The van der Waals surface area contributed by atoms with Crippen LogP contribution in [0.15, 0.2) is 48.5 Å². The number of fused-ring (bicyclic) bond motifs is 3. The Labute approximate surface area is 193 Å². The highest BCUT2D eigenvalue weighted by atomic mass is 16.5. The number of aliphatic carboxylic acids is 1. The fraction of sp³-hybridized carbons (Fsp3) is 0.400. The maximum atomic E-state index is 12.8. The first-order chi connectivity index (χ1) is 15.6. The van der Waals surface area contributed by atoms with E-state index < -0.39 is 35.7 Å². The van der Waals surface area contributed by atoms with Crippen LogP contribution in [0.2, 0.25) is 0 Å². The van der Waals surface area contributed by atoms with Crippen LogP contribution in [-0.2, 0) is 14.3 Å². The maximum Gasteiger partial charge on any atom is 0.408 e. The van der Waals surface area contributed by atoms with E-state index in [0.29, 0.717) is 12.8 Å². The summed E-state index contributed by atoms with van der Waals surface area (Å²) < 4.78 is 5.54. The lowest BCUT2D eigenvalue weighted by atomic mass is 9.94. The molecular weight excluding hydrogens is 424 g/mol. The van der Waals surface area contributed by atoms with Gasteiger partial charge < -0.3 is 25.6 Å². The minimum Gasteiger partial charge on any atom is -0.479 e. The van der Waals surface area contributed by atoms with Gasteiger partial charge in [0.05, 0.1) is 6.54 Å². The molecule has 33 heavy (non-hydrogen) atoms. The Kier molecular flexibility index (Phi) is 7.07. The molecule has 8 nitrogen and oxygen atoms in total. The highest BCUT2D eigenvalue weighted by Gasteiger charge is 2.38. The molecule has 0 saturated heterocycles. The summed E-state index contributed by atoms with van der Waals surface area (Å²) >= 11 is 0. The number of aliphatic hydroxyl groups is 1. The number of rotatable bonds is 9. The molecule has 0 heterocycles. The lowest BCUT2D eigenvalue weighted by Crippen LogP contribution is -2.59. The smallest absolute Gasteiger partial charge is 0.408 e. The SMILES string of the molecule is CCCC(C)(NC(=O)OCC1c2ccccc2-c2ccccc21)C(=O)NCC(C)(O)C(=O)O. The van der Waals surface area contributed by atoms with Crippen molar-refractivity contribution < 1.29 is 29.3 Å². The van der Waals surface area contributed by atoms with E-state index in [4.69, 9.17) is 9.84 Å². The molecule has 2 aromatic rings. The van der Waals surface area contributed by atoms with Gasteiger partial charge in [-0.15, -0.1) is 0 Å². The first-order valence-corrected chi connectivity index (χ1v) is 11.0. The first-order valence-electron chi connectivity index (χ1n) is 11.0. The molecule has 2 unspecified atom stereocenters. The lowest BCUT2D eigenvalue weighted by molar-refractivity contribution is -0.156. The number of hydrogen-bond acceptors (Lipinski definition) is 5. The van der Waals surface area contributed by atoms with Gasteiger partial charge in [0.1, 0.15) is 12.1 Å². The molecule has 2 atom stereocenters. The molecule has 2 amide bonds. The molecule has 0 aromatic heterocycles. The van der Waals surface area contributed by atoms with Crippen molar-refractivity contribution in [1.82, 2.24) is 10.6 Å². The van der Waals surface area contributed by atoms with Crippen LogP contribution in [0.25, 0.3) is 11.1 Å². The summed E-state index contributed by atoms with van der Waals surface area (Å²) in [6, 6.07) is 16.0. The summed E-state index contributed by atoms with van der Waals surface area (Å²) in [5.41, 5.74) is 0.942. The van der Waals surface area contributed by atoms with Gasteiger partial charge >= 0.3 is 12.1 Å². The summed E-state index contributed by atoms with van der Waals surface area (Å²) in [5, 5.41) is 23.9. The second-order valence-electron chi connectivity index (χ2n) is 8.79. The average molecular weight is 455 g/mol. The molecule has 3 rings (SSSR count). The van der Waals surface area contributed by atoms with E-state index in [-0.39, 0.29) is 12.5 Å². The van der Waals surface area contributed by atoms with E-state index in [9.17, 15) is 19.5 Å². The lowest BCUT2D eigenvalue weighted by Gasteiger charge is -2.30. The zero-order valence-electron chi connectivity index (χ0n) is 19.1. The third-order valence-electron chi connectivity index (χ3n) is 6.03. The molecule has 0 spiro atoms. The number of alkyl carbamates (subject to hydrolysis) is 1. The van der Waals surface area contributed by atoms with Crippen LogP contribution in [-0.4, -0.2) is 52.5 Å². The van der Waals surface area contributed by atoms with E-state index in [0.717, 1.165) is 29.2 Å². The monoisotopic (exact) mass is 454 g/mol. The van der Waals surface area contributed by atoms with Crippen LogP contribution in [0.1, 0.15) is 50.7 Å². The summed E-state index contributed by atoms with van der Waals surface area (Å²) in [6.45, 7) is 4.11. The van der Waals surface area contributed by atoms with Gasteiger partial charge in [-0.2, -0.15) is 0 Å². The Balaban J connectivity index is 1.67. The zero-order valence-corrected chi connectivity index (χ0v) is 19.1. The molecule has 2 aromatic carbocycles. The molecule has 0 radical (unpaired) electrons. The van der Waals surface area contributed by atoms with Crippen LogP contribution in [0.3, 0.4) is 0 Å². The van der Waals surface area contributed by atoms with Gasteiger partial charge in [-0.05, 0) is 42.5 Å². The molecule has 0 bridgehead atoms. The quantitative estimate of drug-likeness (QED) is 0.462. The number of carboxylic acid groups (broad SMARTS) is 1. The number of ether oxygens (including phenoxy) is 1. The number of carboxylic acids is 1. The molecule has 176 valence electrons. The van der Waals surface area contributed by atoms with E-state index in [1.165, 1.54) is 0 Å². The van der Waals surface area contributed by atoms with Crippen LogP contribution < -0.4 is 10.6 Å². The predicted octanol–water partition coefficient (Wildman–Crippen LogP) is 3.04. The third-order valence-corrected chi connectivity index (χ3v) is 6.03. The van der Waals surface area contributed by atoms with Crippen molar-refractivity contribution in [2.45, 2.75) is 50.7 Å². The van der Waals surface area contributed by atoms with E-state index in [1.807, 2.05) is 55.5 Å². The predicted molar refractivity (Wildman–Crippen MR) is 123 cm³/mol. The summed E-state index contributed by atoms with van der Waals surface area (Å²) in [5.74, 6) is -2.16. The van der Waals surface area contributed by atoms with Crippen molar-refractivity contribution in [3.63, 3.8) is 0 Å². The molecule has 4 N–H and O–H groups in total. The van der Waals surface area contributed by atoms with Crippen LogP contribution in [0.5, 0.6) is 0 Å².